The molecule has 1 atom stereocenters. The first kappa shape index (κ1) is 12.8. The second kappa shape index (κ2) is 6.32. The van der Waals surface area contributed by atoms with E-state index in [1.165, 1.54) is 0 Å². The van der Waals surface area contributed by atoms with Crippen LogP contribution in [0.2, 0.25) is 0 Å². The van der Waals surface area contributed by atoms with E-state index in [-0.39, 0.29) is 19.0 Å². The summed E-state index contributed by atoms with van der Waals surface area (Å²) in [6, 6.07) is -0.181. The van der Waals surface area contributed by atoms with Crippen LogP contribution in [0.4, 0.5) is 4.79 Å². The molecule has 2 amide bonds. The van der Waals surface area contributed by atoms with Crippen molar-refractivity contribution >= 4 is 12.0 Å². The molecule has 2 N–H and O–H groups in total. The molecule has 0 aromatic heterocycles. The number of ether oxygens (including phenoxy) is 1. The number of aliphatic carboxylic acids is 1. The van der Waals surface area contributed by atoms with Gasteiger partial charge >= 0.3 is 12.0 Å². The van der Waals surface area contributed by atoms with Gasteiger partial charge in [-0.25, -0.2) is 4.79 Å². The highest BCUT2D eigenvalue weighted by molar-refractivity contribution is 5.75. The number of hydrogen-bond acceptors (Lipinski definition) is 3. The topological polar surface area (TPSA) is 78.9 Å². The van der Waals surface area contributed by atoms with Gasteiger partial charge in [-0.2, -0.15) is 0 Å². The number of methoxy groups -OCH3 is 1. The lowest BCUT2D eigenvalue weighted by atomic mass is 10.1. The van der Waals surface area contributed by atoms with Gasteiger partial charge in [0, 0.05) is 32.7 Å². The van der Waals surface area contributed by atoms with Gasteiger partial charge in [0.15, 0.2) is 0 Å². The zero-order valence-corrected chi connectivity index (χ0v) is 9.44. The van der Waals surface area contributed by atoms with E-state index in [1.807, 2.05) is 0 Å². The van der Waals surface area contributed by atoms with Crippen LogP contribution < -0.4 is 5.32 Å². The van der Waals surface area contributed by atoms with Crippen LogP contribution in [0.5, 0.6) is 0 Å². The van der Waals surface area contributed by atoms with E-state index in [4.69, 9.17) is 9.84 Å². The van der Waals surface area contributed by atoms with Crippen molar-refractivity contribution in [1.29, 1.82) is 0 Å². The Morgan fingerprint density at radius 1 is 1.56 bits per heavy atom. The minimum absolute atomic E-state index is 0.0406. The molecule has 1 fully saturated rings. The molecule has 1 rings (SSSR count). The smallest absolute Gasteiger partial charge is 0.317 e. The summed E-state index contributed by atoms with van der Waals surface area (Å²) in [6.07, 6.45) is 0.904. The fraction of sp³-hybridized carbons (Fsp3) is 0.800. The molecule has 1 aliphatic rings. The Kier molecular flexibility index (Phi) is 5.04. The molecular weight excluding hydrogens is 212 g/mol. The lowest BCUT2D eigenvalue weighted by Gasteiger charge is -2.16. The standard InChI is InChI=1S/C10H18N2O4/c1-16-7-8-3-5-12(6-8)10(15)11-4-2-9(13)14/h8H,2-7H2,1H3,(H,11,15)(H,13,14). The highest BCUT2D eigenvalue weighted by atomic mass is 16.5. The molecule has 1 unspecified atom stereocenters. The molecule has 0 radical (unpaired) electrons. The molecule has 1 saturated heterocycles. The summed E-state index contributed by atoms with van der Waals surface area (Å²) in [5.41, 5.74) is 0. The molecular formula is C10H18N2O4. The van der Waals surface area contributed by atoms with Gasteiger partial charge in [0.2, 0.25) is 0 Å². The highest BCUT2D eigenvalue weighted by Gasteiger charge is 2.25. The molecule has 1 heterocycles. The summed E-state index contributed by atoms with van der Waals surface area (Å²) in [5, 5.41) is 11.0. The first-order valence-corrected chi connectivity index (χ1v) is 5.37. The predicted octanol–water partition coefficient (Wildman–Crippen LogP) is 0.139. The van der Waals surface area contributed by atoms with E-state index in [0.29, 0.717) is 25.6 Å². The van der Waals surface area contributed by atoms with Crippen LogP contribution in [0.25, 0.3) is 0 Å². The summed E-state index contributed by atoms with van der Waals surface area (Å²) in [7, 11) is 1.65. The minimum Gasteiger partial charge on any atom is -0.481 e. The van der Waals surface area contributed by atoms with Crippen LogP contribution in [0.15, 0.2) is 0 Å². The van der Waals surface area contributed by atoms with Gasteiger partial charge in [0.05, 0.1) is 13.0 Å². The highest BCUT2D eigenvalue weighted by Crippen LogP contribution is 2.15. The predicted molar refractivity (Wildman–Crippen MR) is 57.2 cm³/mol. The maximum atomic E-state index is 11.6. The number of hydrogen-bond donors (Lipinski definition) is 2. The van der Waals surface area contributed by atoms with Crippen molar-refractivity contribution in [3.05, 3.63) is 0 Å². The third kappa shape index (κ3) is 4.06. The summed E-state index contributed by atoms with van der Waals surface area (Å²) in [5.74, 6) is -0.505. The first-order chi connectivity index (χ1) is 7.63. The van der Waals surface area contributed by atoms with Crippen LogP contribution in [0.1, 0.15) is 12.8 Å². The molecule has 6 heteroatoms. The van der Waals surface area contributed by atoms with E-state index in [2.05, 4.69) is 5.32 Å². The number of urea groups is 1. The largest absolute Gasteiger partial charge is 0.481 e. The van der Waals surface area contributed by atoms with Crippen molar-refractivity contribution in [2.45, 2.75) is 12.8 Å². The summed E-state index contributed by atoms with van der Waals surface area (Å²) < 4.78 is 5.03. The Hall–Kier alpha value is -1.30. The second-order valence-corrected chi connectivity index (χ2v) is 3.93. The van der Waals surface area contributed by atoms with Crippen molar-refractivity contribution in [1.82, 2.24) is 10.2 Å². The van der Waals surface area contributed by atoms with E-state index in [1.54, 1.807) is 12.0 Å². The third-order valence-electron chi connectivity index (χ3n) is 2.59. The lowest BCUT2D eigenvalue weighted by Crippen LogP contribution is -2.39. The van der Waals surface area contributed by atoms with Crippen LogP contribution in [0, 0.1) is 5.92 Å². The Morgan fingerprint density at radius 3 is 2.94 bits per heavy atom. The fourth-order valence-electron chi connectivity index (χ4n) is 1.78. The molecule has 0 aromatic carbocycles. The number of carboxylic acid groups (broad SMARTS) is 1. The number of likely N-dealkylation sites (tertiary alicyclic amines) is 1. The van der Waals surface area contributed by atoms with E-state index >= 15 is 0 Å². The minimum atomic E-state index is -0.904. The maximum absolute atomic E-state index is 11.6. The lowest BCUT2D eigenvalue weighted by molar-refractivity contribution is -0.136. The van der Waals surface area contributed by atoms with Crippen molar-refractivity contribution in [2.24, 2.45) is 5.92 Å². The average molecular weight is 230 g/mol. The number of rotatable bonds is 5. The van der Waals surface area contributed by atoms with Gasteiger partial charge in [-0.1, -0.05) is 0 Å². The van der Waals surface area contributed by atoms with Crippen LogP contribution in [0.3, 0.4) is 0 Å². The van der Waals surface area contributed by atoms with Gasteiger partial charge in [-0.05, 0) is 6.42 Å². The van der Waals surface area contributed by atoms with Crippen molar-refractivity contribution in [2.75, 3.05) is 33.4 Å². The van der Waals surface area contributed by atoms with E-state index in [0.717, 1.165) is 6.42 Å². The molecule has 0 bridgehead atoms. The van der Waals surface area contributed by atoms with Gasteiger partial charge in [0.1, 0.15) is 0 Å². The van der Waals surface area contributed by atoms with Crippen molar-refractivity contribution < 1.29 is 19.4 Å². The molecule has 6 nitrogen and oxygen atoms in total. The monoisotopic (exact) mass is 230 g/mol. The number of amides is 2. The first-order valence-electron chi connectivity index (χ1n) is 5.37. The summed E-state index contributed by atoms with van der Waals surface area (Å²) in [6.45, 7) is 2.25. The van der Waals surface area contributed by atoms with Gasteiger partial charge < -0.3 is 20.1 Å². The number of carbonyl (C=O) groups is 2. The van der Waals surface area contributed by atoms with Gasteiger partial charge in [0.25, 0.3) is 0 Å². The number of carbonyl (C=O) groups excluding carboxylic acids is 1. The molecule has 92 valence electrons. The SMILES string of the molecule is COCC1CCN(C(=O)NCCC(=O)O)C1. The zero-order valence-electron chi connectivity index (χ0n) is 9.44. The van der Waals surface area contributed by atoms with Crippen LogP contribution in [-0.4, -0.2) is 55.4 Å². The summed E-state index contributed by atoms with van der Waals surface area (Å²) in [4.78, 5) is 23.5. The van der Waals surface area contributed by atoms with Crippen LogP contribution in [-0.2, 0) is 9.53 Å². The Balaban J connectivity index is 2.20. The normalized spacial score (nSPS) is 19.8. The average Bonchev–Trinajstić information content (AvgIpc) is 2.66. The molecule has 0 spiro atoms. The fourth-order valence-corrected chi connectivity index (χ4v) is 1.78. The van der Waals surface area contributed by atoms with E-state index in [9.17, 15) is 9.59 Å². The number of carboxylic acids is 1. The Labute approximate surface area is 94.6 Å². The van der Waals surface area contributed by atoms with Gasteiger partial charge in [-0.15, -0.1) is 0 Å². The molecule has 0 aliphatic carbocycles. The molecule has 1 aliphatic heterocycles. The van der Waals surface area contributed by atoms with Crippen LogP contribution >= 0.6 is 0 Å². The molecule has 0 aromatic rings. The second-order valence-electron chi connectivity index (χ2n) is 3.93. The third-order valence-corrected chi connectivity index (χ3v) is 2.59. The Morgan fingerprint density at radius 2 is 2.31 bits per heavy atom. The van der Waals surface area contributed by atoms with E-state index < -0.39 is 5.97 Å². The maximum Gasteiger partial charge on any atom is 0.317 e. The summed E-state index contributed by atoms with van der Waals surface area (Å²) >= 11 is 0. The van der Waals surface area contributed by atoms with Crippen molar-refractivity contribution in [3.63, 3.8) is 0 Å². The van der Waals surface area contributed by atoms with Crippen molar-refractivity contribution in [3.8, 4) is 0 Å². The zero-order chi connectivity index (χ0) is 12.0. The quantitative estimate of drug-likeness (QED) is 0.704. The number of nitrogens with one attached hydrogen (secondary N) is 1. The van der Waals surface area contributed by atoms with Gasteiger partial charge in [-0.3, -0.25) is 4.79 Å². The Bertz CT molecular complexity index is 257. The number of nitrogens with zero attached hydrogens (tertiary/aromatic N) is 1. The molecule has 16 heavy (non-hydrogen) atoms. The molecule has 0 saturated carbocycles.